The Morgan fingerprint density at radius 2 is 1.95 bits per heavy atom. The largest absolute Gasteiger partial charge is 0.364 e. The number of aryl methyl sites for hydroxylation is 3. The van der Waals surface area contributed by atoms with E-state index in [0.29, 0.717) is 23.5 Å². The molecule has 0 saturated carbocycles. The molecule has 1 aromatic heterocycles. The predicted molar refractivity (Wildman–Crippen MR) is 80.3 cm³/mol. The fourth-order valence-electron chi connectivity index (χ4n) is 2.22. The molecule has 0 radical (unpaired) electrons. The van der Waals surface area contributed by atoms with E-state index in [2.05, 4.69) is 10.4 Å². The molecule has 0 spiro atoms. The summed E-state index contributed by atoms with van der Waals surface area (Å²) in [4.78, 5) is 24.0. The number of hydrogen-bond donors (Lipinski definition) is 2. The number of amides is 2. The molecule has 2 amide bonds. The van der Waals surface area contributed by atoms with Crippen molar-refractivity contribution in [2.45, 2.75) is 27.3 Å². The first-order valence-electron chi connectivity index (χ1n) is 6.69. The van der Waals surface area contributed by atoms with Gasteiger partial charge in [-0.3, -0.25) is 14.3 Å². The number of nitrogens with zero attached hydrogens (tertiary/aromatic N) is 2. The van der Waals surface area contributed by atoms with Crippen molar-refractivity contribution in [1.29, 1.82) is 0 Å². The second-order valence-corrected chi connectivity index (χ2v) is 4.76. The van der Waals surface area contributed by atoms with Crippen molar-refractivity contribution in [3.05, 3.63) is 46.8 Å². The van der Waals surface area contributed by atoms with Crippen LogP contribution < -0.4 is 11.1 Å². The number of carbonyl (C=O) groups is 2. The van der Waals surface area contributed by atoms with Gasteiger partial charge in [0.2, 0.25) is 0 Å². The summed E-state index contributed by atoms with van der Waals surface area (Å²) in [6, 6.07) is 7.24. The molecule has 0 unspecified atom stereocenters. The minimum atomic E-state index is -0.613. The Morgan fingerprint density at radius 1 is 1.29 bits per heavy atom. The number of hydrogen-bond acceptors (Lipinski definition) is 3. The van der Waals surface area contributed by atoms with E-state index < -0.39 is 5.91 Å². The van der Waals surface area contributed by atoms with Gasteiger partial charge >= 0.3 is 0 Å². The monoisotopic (exact) mass is 286 g/mol. The summed E-state index contributed by atoms with van der Waals surface area (Å²) in [6.45, 7) is 5.93. The summed E-state index contributed by atoms with van der Waals surface area (Å²) in [6.07, 6.45) is 0. The van der Waals surface area contributed by atoms with Gasteiger partial charge in [0.15, 0.2) is 0 Å². The number of nitrogens with one attached hydrogen (secondary N) is 1. The SMILES string of the molecule is CCn1nc(C)c(NC(=O)c2ccccc2C)c1C(N)=O. The smallest absolute Gasteiger partial charge is 0.269 e. The van der Waals surface area contributed by atoms with Crippen LogP contribution in [0.3, 0.4) is 0 Å². The fraction of sp³-hybridized carbons (Fsp3) is 0.267. The summed E-state index contributed by atoms with van der Waals surface area (Å²) in [5.74, 6) is -0.896. The van der Waals surface area contributed by atoms with Gasteiger partial charge in [-0.25, -0.2) is 0 Å². The maximum Gasteiger partial charge on any atom is 0.269 e. The van der Waals surface area contributed by atoms with Crippen molar-refractivity contribution in [1.82, 2.24) is 9.78 Å². The number of nitrogens with two attached hydrogens (primary N) is 1. The molecule has 21 heavy (non-hydrogen) atoms. The van der Waals surface area contributed by atoms with Gasteiger partial charge in [-0.2, -0.15) is 5.10 Å². The Bertz CT molecular complexity index is 704. The first kappa shape index (κ1) is 14.8. The Labute approximate surface area is 122 Å². The van der Waals surface area contributed by atoms with E-state index in [-0.39, 0.29) is 11.6 Å². The van der Waals surface area contributed by atoms with Crippen molar-refractivity contribution >= 4 is 17.5 Å². The van der Waals surface area contributed by atoms with Crippen LogP contribution in [0.5, 0.6) is 0 Å². The second-order valence-electron chi connectivity index (χ2n) is 4.76. The summed E-state index contributed by atoms with van der Waals surface area (Å²) in [5, 5.41) is 6.97. The highest BCUT2D eigenvalue weighted by Crippen LogP contribution is 2.21. The predicted octanol–water partition coefficient (Wildman–Crippen LogP) is 1.87. The van der Waals surface area contributed by atoms with E-state index in [1.165, 1.54) is 4.68 Å². The Balaban J connectivity index is 2.40. The molecule has 2 aromatic rings. The van der Waals surface area contributed by atoms with Crippen LogP contribution in [0.15, 0.2) is 24.3 Å². The molecule has 0 aliphatic heterocycles. The number of carbonyl (C=O) groups excluding carboxylic acids is 2. The number of benzene rings is 1. The minimum Gasteiger partial charge on any atom is -0.364 e. The molecule has 6 heteroatoms. The number of rotatable bonds is 4. The van der Waals surface area contributed by atoms with Gasteiger partial charge in [0.25, 0.3) is 11.8 Å². The highest BCUT2D eigenvalue weighted by atomic mass is 16.2. The summed E-state index contributed by atoms with van der Waals surface area (Å²) in [7, 11) is 0. The molecular weight excluding hydrogens is 268 g/mol. The van der Waals surface area contributed by atoms with Gasteiger partial charge in [-0.15, -0.1) is 0 Å². The van der Waals surface area contributed by atoms with Crippen molar-refractivity contribution in [2.75, 3.05) is 5.32 Å². The van der Waals surface area contributed by atoms with Gasteiger partial charge in [-0.1, -0.05) is 18.2 Å². The lowest BCUT2D eigenvalue weighted by atomic mass is 10.1. The van der Waals surface area contributed by atoms with Crippen molar-refractivity contribution < 1.29 is 9.59 Å². The zero-order valence-electron chi connectivity index (χ0n) is 12.3. The molecule has 0 saturated heterocycles. The third-order valence-electron chi connectivity index (χ3n) is 3.29. The third-order valence-corrected chi connectivity index (χ3v) is 3.29. The van der Waals surface area contributed by atoms with Crippen molar-refractivity contribution in [3.8, 4) is 0 Å². The molecule has 3 N–H and O–H groups in total. The van der Waals surface area contributed by atoms with Gasteiger partial charge < -0.3 is 11.1 Å². The first-order valence-corrected chi connectivity index (χ1v) is 6.69. The van der Waals surface area contributed by atoms with Crippen LogP contribution in [0.4, 0.5) is 5.69 Å². The molecule has 0 aliphatic carbocycles. The van der Waals surface area contributed by atoms with E-state index in [0.717, 1.165) is 5.56 Å². The Morgan fingerprint density at radius 3 is 2.52 bits per heavy atom. The third kappa shape index (κ3) is 2.79. The van der Waals surface area contributed by atoms with Crippen LogP contribution in [0.2, 0.25) is 0 Å². The zero-order valence-corrected chi connectivity index (χ0v) is 12.3. The van der Waals surface area contributed by atoms with Crippen LogP contribution >= 0.6 is 0 Å². The highest BCUT2D eigenvalue weighted by molar-refractivity contribution is 6.09. The van der Waals surface area contributed by atoms with Crippen molar-refractivity contribution in [2.24, 2.45) is 5.73 Å². The van der Waals surface area contributed by atoms with Gasteiger partial charge in [0, 0.05) is 12.1 Å². The topological polar surface area (TPSA) is 90.0 Å². The van der Waals surface area contributed by atoms with Crippen LogP contribution in [0.25, 0.3) is 0 Å². The first-order chi connectivity index (χ1) is 9.95. The second kappa shape index (κ2) is 5.78. The Hall–Kier alpha value is -2.63. The molecule has 0 atom stereocenters. The molecule has 2 rings (SSSR count). The lowest BCUT2D eigenvalue weighted by Crippen LogP contribution is -2.21. The Kier molecular flexibility index (Phi) is 4.07. The van der Waals surface area contributed by atoms with Gasteiger partial charge in [-0.05, 0) is 32.4 Å². The number of anilines is 1. The van der Waals surface area contributed by atoms with Crippen LogP contribution in [0, 0.1) is 13.8 Å². The maximum absolute atomic E-state index is 12.4. The average Bonchev–Trinajstić information content (AvgIpc) is 2.75. The highest BCUT2D eigenvalue weighted by Gasteiger charge is 2.21. The standard InChI is InChI=1S/C15H18N4O2/c1-4-19-13(14(16)20)12(10(3)18-19)17-15(21)11-8-6-5-7-9(11)2/h5-8H,4H2,1-3H3,(H2,16,20)(H,17,21). The molecule has 0 bridgehead atoms. The molecule has 1 aromatic carbocycles. The number of aromatic nitrogens is 2. The molecule has 6 nitrogen and oxygen atoms in total. The van der Waals surface area contributed by atoms with Crippen LogP contribution in [-0.2, 0) is 6.54 Å². The lowest BCUT2D eigenvalue weighted by Gasteiger charge is -2.08. The molecule has 110 valence electrons. The summed E-state index contributed by atoms with van der Waals surface area (Å²) >= 11 is 0. The summed E-state index contributed by atoms with van der Waals surface area (Å²) < 4.78 is 1.49. The molecule has 1 heterocycles. The van der Waals surface area contributed by atoms with E-state index in [1.807, 2.05) is 26.0 Å². The van der Waals surface area contributed by atoms with Gasteiger partial charge in [0.05, 0.1) is 11.4 Å². The fourth-order valence-corrected chi connectivity index (χ4v) is 2.22. The van der Waals surface area contributed by atoms with E-state index >= 15 is 0 Å². The van der Waals surface area contributed by atoms with Gasteiger partial charge in [0.1, 0.15) is 5.69 Å². The molecule has 0 aliphatic rings. The number of primary amides is 1. The quantitative estimate of drug-likeness (QED) is 0.899. The zero-order chi connectivity index (χ0) is 15.6. The van der Waals surface area contributed by atoms with Crippen LogP contribution in [0.1, 0.15) is 39.0 Å². The van der Waals surface area contributed by atoms with E-state index in [4.69, 9.17) is 5.73 Å². The normalized spacial score (nSPS) is 10.4. The van der Waals surface area contributed by atoms with Crippen LogP contribution in [-0.4, -0.2) is 21.6 Å². The molecular formula is C15H18N4O2. The molecule has 0 fully saturated rings. The van der Waals surface area contributed by atoms with E-state index in [9.17, 15) is 9.59 Å². The average molecular weight is 286 g/mol. The van der Waals surface area contributed by atoms with Crippen molar-refractivity contribution in [3.63, 3.8) is 0 Å². The minimum absolute atomic E-state index is 0.219. The maximum atomic E-state index is 12.4. The van der Waals surface area contributed by atoms with E-state index in [1.54, 1.807) is 19.1 Å². The lowest BCUT2D eigenvalue weighted by molar-refractivity contribution is 0.0991. The summed E-state index contributed by atoms with van der Waals surface area (Å²) in [5.41, 5.74) is 7.96.